The fourth-order valence-corrected chi connectivity index (χ4v) is 4.96. The molecule has 32 heavy (non-hydrogen) atoms. The molecule has 170 valence electrons. The van der Waals surface area contributed by atoms with Crippen molar-refractivity contribution in [1.82, 2.24) is 5.16 Å². The van der Waals surface area contributed by atoms with E-state index in [1.54, 1.807) is 37.3 Å². The summed E-state index contributed by atoms with van der Waals surface area (Å²) >= 11 is 7.50. The number of amides is 1. The highest BCUT2D eigenvalue weighted by Crippen LogP contribution is 2.29. The number of carbonyl (C=O) groups excluding carboxylic acids is 1. The number of nitrogens with zero attached hydrogens (tertiary/aromatic N) is 1. The predicted molar refractivity (Wildman–Crippen MR) is 123 cm³/mol. The molecule has 3 aromatic rings. The second-order valence-electron chi connectivity index (χ2n) is 6.78. The molecule has 1 atom stereocenters. The van der Waals surface area contributed by atoms with E-state index in [-0.39, 0.29) is 5.75 Å². The van der Waals surface area contributed by atoms with Crippen LogP contribution in [-0.4, -0.2) is 35.7 Å². The molecule has 0 spiro atoms. The van der Waals surface area contributed by atoms with Gasteiger partial charge >= 0.3 is 6.09 Å². The van der Waals surface area contributed by atoms with Crippen LogP contribution in [0.3, 0.4) is 0 Å². The van der Waals surface area contributed by atoms with Gasteiger partial charge in [0, 0.05) is 33.4 Å². The Bertz CT molecular complexity index is 1170. The molecule has 0 aliphatic carbocycles. The van der Waals surface area contributed by atoms with E-state index in [0.717, 1.165) is 5.56 Å². The van der Waals surface area contributed by atoms with Crippen molar-refractivity contribution >= 4 is 45.3 Å². The van der Waals surface area contributed by atoms with Crippen LogP contribution in [0.4, 0.5) is 10.5 Å². The zero-order valence-electron chi connectivity index (χ0n) is 17.0. The lowest BCUT2D eigenvalue weighted by Crippen LogP contribution is -2.16. The van der Waals surface area contributed by atoms with Gasteiger partial charge in [-0.05, 0) is 18.6 Å². The number of aromatic nitrogens is 1. The summed E-state index contributed by atoms with van der Waals surface area (Å²) in [5.74, 6) is 0.403. The first-order chi connectivity index (χ1) is 15.2. The van der Waals surface area contributed by atoms with Crippen LogP contribution in [0.2, 0.25) is 5.02 Å². The molecule has 0 radical (unpaired) electrons. The lowest BCUT2D eigenvalue weighted by molar-refractivity contribution is 0.121. The van der Waals surface area contributed by atoms with Gasteiger partial charge in [-0.25, -0.2) is 13.2 Å². The minimum Gasteiger partial charge on any atom is -0.748 e. The van der Waals surface area contributed by atoms with E-state index in [9.17, 15) is 17.8 Å². The van der Waals surface area contributed by atoms with Gasteiger partial charge in [0.2, 0.25) is 0 Å². The van der Waals surface area contributed by atoms with Gasteiger partial charge in [-0.1, -0.05) is 59.2 Å². The fourth-order valence-electron chi connectivity index (χ4n) is 2.81. The number of thioether (sulfide) groups is 1. The predicted octanol–water partition coefficient (Wildman–Crippen LogP) is 5.08. The van der Waals surface area contributed by atoms with Gasteiger partial charge in [0.15, 0.2) is 0 Å². The largest absolute Gasteiger partial charge is 0.748 e. The number of anilines is 1. The van der Waals surface area contributed by atoms with Gasteiger partial charge in [-0.2, -0.15) is 11.8 Å². The third kappa shape index (κ3) is 6.99. The normalized spacial score (nSPS) is 12.3. The van der Waals surface area contributed by atoms with Gasteiger partial charge < -0.3 is 13.8 Å². The molecule has 11 heteroatoms. The van der Waals surface area contributed by atoms with Crippen molar-refractivity contribution in [2.45, 2.75) is 18.8 Å². The standard InChI is InChI=1S/C21H21ClN2O6S2/c1-14(17-4-2-3-5-18(17)22)30-21(25)23-19-12-29-24-20(19)16-8-6-15(7-9-16)13-31-10-11-32(26,27)28/h2-9,12,14H,10-11,13H2,1H3,(H,23,25)(H,26,27,28)/p-1. The summed E-state index contributed by atoms with van der Waals surface area (Å²) in [6, 6.07) is 14.4. The highest BCUT2D eigenvalue weighted by atomic mass is 35.5. The maximum atomic E-state index is 12.3. The number of hydrogen-bond donors (Lipinski definition) is 1. The average Bonchev–Trinajstić information content (AvgIpc) is 3.19. The molecule has 1 N–H and O–H groups in total. The summed E-state index contributed by atoms with van der Waals surface area (Å²) in [6.07, 6.45) is 0.0766. The molecule has 1 amide bonds. The molecular weight excluding hydrogens is 476 g/mol. The van der Waals surface area contributed by atoms with Crippen LogP contribution in [0.1, 0.15) is 24.2 Å². The summed E-state index contributed by atoms with van der Waals surface area (Å²) in [4.78, 5) is 12.3. The molecule has 1 unspecified atom stereocenters. The number of carbonyl (C=O) groups is 1. The molecule has 3 rings (SSSR count). The van der Waals surface area contributed by atoms with Crippen LogP contribution in [0.25, 0.3) is 11.3 Å². The topological polar surface area (TPSA) is 122 Å². The molecule has 2 aromatic carbocycles. The minimum absolute atomic E-state index is 0.236. The number of hydrogen-bond acceptors (Lipinski definition) is 8. The van der Waals surface area contributed by atoms with Crippen LogP contribution in [-0.2, 0) is 20.6 Å². The molecule has 0 aliphatic rings. The Labute approximate surface area is 195 Å². The Morgan fingerprint density at radius 3 is 2.66 bits per heavy atom. The van der Waals surface area contributed by atoms with Crippen molar-refractivity contribution in [2.24, 2.45) is 0 Å². The van der Waals surface area contributed by atoms with E-state index in [1.165, 1.54) is 18.0 Å². The molecule has 0 aliphatic heterocycles. The van der Waals surface area contributed by atoms with E-state index in [0.29, 0.717) is 33.3 Å². The maximum Gasteiger partial charge on any atom is 0.412 e. The Kier molecular flexibility index (Phi) is 8.19. The Balaban J connectivity index is 1.59. The van der Waals surface area contributed by atoms with E-state index < -0.39 is 28.1 Å². The van der Waals surface area contributed by atoms with Crippen molar-refractivity contribution in [3.63, 3.8) is 0 Å². The SMILES string of the molecule is CC(OC(=O)Nc1conc1-c1ccc(CSCCS(=O)(=O)[O-])cc1)c1ccccc1Cl. The van der Waals surface area contributed by atoms with Crippen LogP contribution in [0, 0.1) is 0 Å². The Hall–Kier alpha value is -2.53. The lowest BCUT2D eigenvalue weighted by Gasteiger charge is -2.15. The molecule has 8 nitrogen and oxygen atoms in total. The van der Waals surface area contributed by atoms with E-state index >= 15 is 0 Å². The third-order valence-corrected chi connectivity index (χ3v) is 6.74. The van der Waals surface area contributed by atoms with Crippen molar-refractivity contribution in [3.8, 4) is 11.3 Å². The minimum atomic E-state index is -4.20. The third-order valence-electron chi connectivity index (χ3n) is 4.41. The number of halogens is 1. The van der Waals surface area contributed by atoms with Gasteiger partial charge in [0.05, 0.1) is 10.1 Å². The second kappa shape index (κ2) is 10.9. The monoisotopic (exact) mass is 495 g/mol. The van der Waals surface area contributed by atoms with Crippen molar-refractivity contribution in [2.75, 3.05) is 16.8 Å². The first kappa shape index (κ1) is 24.1. The smallest absolute Gasteiger partial charge is 0.412 e. The summed E-state index contributed by atoms with van der Waals surface area (Å²) in [7, 11) is -4.20. The van der Waals surface area contributed by atoms with Crippen molar-refractivity contribution < 1.29 is 27.0 Å². The van der Waals surface area contributed by atoms with Gasteiger partial charge in [0.1, 0.15) is 23.7 Å². The summed E-state index contributed by atoms with van der Waals surface area (Å²) in [5.41, 5.74) is 3.14. The number of rotatable bonds is 9. The first-order valence-electron chi connectivity index (χ1n) is 9.50. The van der Waals surface area contributed by atoms with Crippen LogP contribution >= 0.6 is 23.4 Å². The van der Waals surface area contributed by atoms with Crippen molar-refractivity contribution in [3.05, 3.63) is 70.9 Å². The number of benzene rings is 2. The number of nitrogens with one attached hydrogen (secondary N) is 1. The van der Waals surface area contributed by atoms with E-state index in [2.05, 4.69) is 10.5 Å². The van der Waals surface area contributed by atoms with E-state index in [1.807, 2.05) is 18.2 Å². The zero-order valence-corrected chi connectivity index (χ0v) is 19.4. The molecule has 0 bridgehead atoms. The quantitative estimate of drug-likeness (QED) is 0.322. The van der Waals surface area contributed by atoms with Crippen molar-refractivity contribution in [1.29, 1.82) is 0 Å². The van der Waals surface area contributed by atoms with Crippen LogP contribution < -0.4 is 5.32 Å². The van der Waals surface area contributed by atoms with E-state index in [4.69, 9.17) is 20.9 Å². The summed E-state index contributed by atoms with van der Waals surface area (Å²) in [5, 5.41) is 7.08. The molecule has 1 heterocycles. The fraction of sp³-hybridized carbons (Fsp3) is 0.238. The van der Waals surface area contributed by atoms with Crippen LogP contribution in [0.15, 0.2) is 59.3 Å². The highest BCUT2D eigenvalue weighted by molar-refractivity contribution is 7.99. The average molecular weight is 496 g/mol. The maximum absolute atomic E-state index is 12.3. The molecule has 1 aromatic heterocycles. The Morgan fingerprint density at radius 2 is 1.97 bits per heavy atom. The van der Waals surface area contributed by atoms with Gasteiger partial charge in [-0.15, -0.1) is 0 Å². The summed E-state index contributed by atoms with van der Waals surface area (Å²) < 4.78 is 42.4. The highest BCUT2D eigenvalue weighted by Gasteiger charge is 2.18. The molecule has 0 saturated carbocycles. The molecule has 0 fully saturated rings. The Morgan fingerprint density at radius 1 is 1.25 bits per heavy atom. The molecular formula is C21H20ClN2O6S2-. The van der Waals surface area contributed by atoms with Gasteiger partial charge in [0.25, 0.3) is 0 Å². The number of ether oxygens (including phenoxy) is 1. The lowest BCUT2D eigenvalue weighted by atomic mass is 10.1. The zero-order chi connectivity index (χ0) is 23.1. The summed E-state index contributed by atoms with van der Waals surface area (Å²) in [6.45, 7) is 1.72. The van der Waals surface area contributed by atoms with Gasteiger partial charge in [-0.3, -0.25) is 5.32 Å². The van der Waals surface area contributed by atoms with Crippen LogP contribution in [0.5, 0.6) is 0 Å². The molecule has 0 saturated heterocycles. The second-order valence-corrected chi connectivity index (χ2v) is 9.82. The first-order valence-corrected chi connectivity index (χ1v) is 12.6.